The molecular formula is C11H13BrN2O. The second kappa shape index (κ2) is 4.24. The van der Waals surface area contributed by atoms with Crippen molar-refractivity contribution in [2.24, 2.45) is 0 Å². The molecule has 3 nitrogen and oxygen atoms in total. The molecule has 0 bridgehead atoms. The molecule has 0 saturated carbocycles. The topological polar surface area (TPSA) is 37.0 Å². The Kier molecular flexibility index (Phi) is 2.98. The van der Waals surface area contributed by atoms with Crippen molar-refractivity contribution in [3.8, 4) is 5.75 Å². The minimum atomic E-state index is 0.817. The number of methoxy groups -OCH3 is 1. The zero-order valence-electron chi connectivity index (χ0n) is 8.73. The van der Waals surface area contributed by atoms with E-state index < -0.39 is 0 Å². The van der Waals surface area contributed by atoms with Crippen LogP contribution in [0.2, 0.25) is 0 Å². The SMILES string of the molecule is CNCc1[nH]c2ccc(OC)cc2c1Br. The molecular weight excluding hydrogens is 256 g/mol. The van der Waals surface area contributed by atoms with Gasteiger partial charge in [0, 0.05) is 27.6 Å². The minimum Gasteiger partial charge on any atom is -0.497 e. The Labute approximate surface area is 96.9 Å². The van der Waals surface area contributed by atoms with Crippen molar-refractivity contribution in [3.05, 3.63) is 28.4 Å². The maximum absolute atomic E-state index is 5.20. The van der Waals surface area contributed by atoms with Crippen molar-refractivity contribution in [3.63, 3.8) is 0 Å². The molecule has 0 unspecified atom stereocenters. The molecule has 0 fully saturated rings. The van der Waals surface area contributed by atoms with Crippen LogP contribution < -0.4 is 10.1 Å². The number of nitrogens with one attached hydrogen (secondary N) is 2. The number of benzene rings is 1. The van der Waals surface area contributed by atoms with E-state index in [2.05, 4.69) is 26.2 Å². The molecule has 0 aliphatic heterocycles. The fraction of sp³-hybridized carbons (Fsp3) is 0.273. The van der Waals surface area contributed by atoms with Gasteiger partial charge in [0.25, 0.3) is 0 Å². The summed E-state index contributed by atoms with van der Waals surface area (Å²) < 4.78 is 6.30. The predicted octanol–water partition coefficient (Wildman–Crippen LogP) is 2.66. The monoisotopic (exact) mass is 268 g/mol. The van der Waals surface area contributed by atoms with Crippen LogP contribution in [0.15, 0.2) is 22.7 Å². The van der Waals surface area contributed by atoms with Crippen molar-refractivity contribution in [1.29, 1.82) is 0 Å². The molecule has 2 aromatic rings. The van der Waals surface area contributed by atoms with E-state index in [0.29, 0.717) is 0 Å². The summed E-state index contributed by atoms with van der Waals surface area (Å²) in [4.78, 5) is 3.35. The van der Waals surface area contributed by atoms with Gasteiger partial charge in [0.1, 0.15) is 5.75 Å². The van der Waals surface area contributed by atoms with Crippen LogP contribution in [0, 0.1) is 0 Å². The molecule has 1 aromatic heterocycles. The summed E-state index contributed by atoms with van der Waals surface area (Å²) in [6.45, 7) is 0.817. The number of ether oxygens (including phenoxy) is 1. The first-order valence-electron chi connectivity index (χ1n) is 4.75. The third kappa shape index (κ3) is 1.87. The highest BCUT2D eigenvalue weighted by atomic mass is 79.9. The largest absolute Gasteiger partial charge is 0.497 e. The molecule has 15 heavy (non-hydrogen) atoms. The van der Waals surface area contributed by atoms with E-state index in [-0.39, 0.29) is 0 Å². The number of H-pyrrole nitrogens is 1. The smallest absolute Gasteiger partial charge is 0.119 e. The van der Waals surface area contributed by atoms with Gasteiger partial charge in [0.2, 0.25) is 0 Å². The molecule has 0 spiro atoms. The minimum absolute atomic E-state index is 0.817. The normalized spacial score (nSPS) is 10.9. The number of hydrogen-bond acceptors (Lipinski definition) is 2. The molecule has 4 heteroatoms. The number of rotatable bonds is 3. The Morgan fingerprint density at radius 1 is 1.47 bits per heavy atom. The lowest BCUT2D eigenvalue weighted by Gasteiger charge is -1.98. The van der Waals surface area contributed by atoms with E-state index in [9.17, 15) is 0 Å². The van der Waals surface area contributed by atoms with Gasteiger partial charge in [0.05, 0.1) is 7.11 Å². The lowest BCUT2D eigenvalue weighted by molar-refractivity contribution is 0.415. The Morgan fingerprint density at radius 3 is 2.93 bits per heavy atom. The van der Waals surface area contributed by atoms with Crippen LogP contribution in [0.1, 0.15) is 5.69 Å². The van der Waals surface area contributed by atoms with E-state index in [1.54, 1.807) is 7.11 Å². The van der Waals surface area contributed by atoms with Crippen LogP contribution >= 0.6 is 15.9 Å². The fourth-order valence-electron chi connectivity index (χ4n) is 1.62. The summed E-state index contributed by atoms with van der Waals surface area (Å²) in [5.41, 5.74) is 2.27. The van der Waals surface area contributed by atoms with Crippen molar-refractivity contribution >= 4 is 26.8 Å². The molecule has 1 aromatic carbocycles. The first-order valence-corrected chi connectivity index (χ1v) is 5.54. The van der Waals surface area contributed by atoms with E-state index in [0.717, 1.165) is 33.4 Å². The van der Waals surface area contributed by atoms with Gasteiger partial charge in [-0.1, -0.05) is 0 Å². The van der Waals surface area contributed by atoms with Crippen LogP contribution in [-0.2, 0) is 6.54 Å². The Hall–Kier alpha value is -1.00. The van der Waals surface area contributed by atoms with Gasteiger partial charge in [-0.05, 0) is 41.2 Å². The molecule has 0 atom stereocenters. The molecule has 0 aliphatic carbocycles. The van der Waals surface area contributed by atoms with E-state index in [4.69, 9.17) is 4.74 Å². The number of aromatic nitrogens is 1. The van der Waals surface area contributed by atoms with Crippen molar-refractivity contribution in [1.82, 2.24) is 10.3 Å². The van der Waals surface area contributed by atoms with Gasteiger partial charge < -0.3 is 15.0 Å². The van der Waals surface area contributed by atoms with Crippen LogP contribution in [0.25, 0.3) is 10.9 Å². The predicted molar refractivity (Wildman–Crippen MR) is 65.3 cm³/mol. The maximum atomic E-state index is 5.20. The second-order valence-electron chi connectivity index (χ2n) is 3.36. The highest BCUT2D eigenvalue weighted by Crippen LogP contribution is 2.30. The number of hydrogen-bond donors (Lipinski definition) is 2. The number of halogens is 1. The van der Waals surface area contributed by atoms with Gasteiger partial charge >= 0.3 is 0 Å². The molecule has 0 radical (unpaired) electrons. The zero-order chi connectivity index (χ0) is 10.8. The molecule has 2 rings (SSSR count). The van der Waals surface area contributed by atoms with Crippen LogP contribution in [0.3, 0.4) is 0 Å². The molecule has 1 heterocycles. The highest BCUT2D eigenvalue weighted by Gasteiger charge is 2.08. The van der Waals surface area contributed by atoms with Gasteiger partial charge in [-0.3, -0.25) is 0 Å². The van der Waals surface area contributed by atoms with Crippen molar-refractivity contribution in [2.45, 2.75) is 6.54 Å². The summed E-state index contributed by atoms with van der Waals surface area (Å²) in [5, 5.41) is 4.27. The number of aromatic amines is 1. The Bertz CT molecular complexity index is 479. The molecule has 80 valence electrons. The quantitative estimate of drug-likeness (QED) is 0.898. The van der Waals surface area contributed by atoms with Gasteiger partial charge in [-0.2, -0.15) is 0 Å². The summed E-state index contributed by atoms with van der Waals surface area (Å²) in [6, 6.07) is 6.00. The second-order valence-corrected chi connectivity index (χ2v) is 4.15. The molecule has 2 N–H and O–H groups in total. The summed E-state index contributed by atoms with van der Waals surface area (Å²) >= 11 is 3.59. The fourth-order valence-corrected chi connectivity index (χ4v) is 2.19. The Balaban J connectivity index is 2.56. The third-order valence-corrected chi connectivity index (χ3v) is 3.27. The lowest BCUT2D eigenvalue weighted by Crippen LogP contribution is -2.05. The van der Waals surface area contributed by atoms with Gasteiger partial charge in [0.15, 0.2) is 0 Å². The van der Waals surface area contributed by atoms with E-state index >= 15 is 0 Å². The zero-order valence-corrected chi connectivity index (χ0v) is 10.3. The highest BCUT2D eigenvalue weighted by molar-refractivity contribution is 9.10. The van der Waals surface area contributed by atoms with Gasteiger partial charge in [-0.15, -0.1) is 0 Å². The van der Waals surface area contributed by atoms with Crippen LogP contribution in [0.5, 0.6) is 5.75 Å². The first-order chi connectivity index (χ1) is 7.26. The van der Waals surface area contributed by atoms with Crippen LogP contribution in [-0.4, -0.2) is 19.1 Å². The third-order valence-electron chi connectivity index (χ3n) is 2.37. The lowest BCUT2D eigenvalue weighted by atomic mass is 10.2. The van der Waals surface area contributed by atoms with Crippen LogP contribution in [0.4, 0.5) is 0 Å². The first kappa shape index (κ1) is 10.5. The summed E-state index contributed by atoms with van der Waals surface area (Å²) in [6.07, 6.45) is 0. The molecule has 0 amide bonds. The average molecular weight is 269 g/mol. The molecule has 0 aliphatic rings. The standard InChI is InChI=1S/C11H13BrN2O/c1-13-6-10-11(12)8-5-7(15-2)3-4-9(8)14-10/h3-5,13-14H,6H2,1-2H3. The summed E-state index contributed by atoms with van der Waals surface area (Å²) in [7, 11) is 3.61. The molecule has 0 saturated heterocycles. The average Bonchev–Trinajstić information content (AvgIpc) is 2.56. The Morgan fingerprint density at radius 2 is 2.27 bits per heavy atom. The van der Waals surface area contributed by atoms with E-state index in [1.165, 1.54) is 0 Å². The summed E-state index contributed by atoms with van der Waals surface area (Å²) in [5.74, 6) is 0.873. The number of fused-ring (bicyclic) bond motifs is 1. The van der Waals surface area contributed by atoms with Crippen molar-refractivity contribution < 1.29 is 4.74 Å². The van der Waals surface area contributed by atoms with Crippen molar-refractivity contribution in [2.75, 3.05) is 14.2 Å². The maximum Gasteiger partial charge on any atom is 0.119 e. The van der Waals surface area contributed by atoms with E-state index in [1.807, 2.05) is 25.2 Å². The van der Waals surface area contributed by atoms with Gasteiger partial charge in [-0.25, -0.2) is 0 Å².